The second-order valence-electron chi connectivity index (χ2n) is 3.61. The van der Waals surface area contributed by atoms with Gasteiger partial charge in [0.25, 0.3) is 0 Å². The molecule has 1 heterocycles. The van der Waals surface area contributed by atoms with E-state index in [1.165, 1.54) is 5.56 Å². The molecular formula is C13H14N2O. The van der Waals surface area contributed by atoms with E-state index in [-0.39, 0.29) is 0 Å². The SMILES string of the molecule is Oc1ccc(CC/C=C/c2cnc[nH]2)cc1. The van der Waals surface area contributed by atoms with Crippen molar-refractivity contribution in [1.29, 1.82) is 0 Å². The molecule has 0 unspecified atom stereocenters. The quantitative estimate of drug-likeness (QED) is 0.822. The maximum atomic E-state index is 9.13. The number of H-pyrrole nitrogens is 1. The minimum Gasteiger partial charge on any atom is -0.508 e. The van der Waals surface area contributed by atoms with E-state index >= 15 is 0 Å². The summed E-state index contributed by atoms with van der Waals surface area (Å²) in [5, 5.41) is 9.13. The maximum absolute atomic E-state index is 9.13. The van der Waals surface area contributed by atoms with E-state index < -0.39 is 0 Å². The molecule has 1 aromatic carbocycles. The lowest BCUT2D eigenvalue weighted by atomic mass is 10.1. The van der Waals surface area contributed by atoms with E-state index in [4.69, 9.17) is 5.11 Å². The number of aryl methyl sites for hydroxylation is 1. The van der Waals surface area contributed by atoms with Gasteiger partial charge in [0.2, 0.25) is 0 Å². The molecule has 82 valence electrons. The minimum atomic E-state index is 0.316. The van der Waals surface area contributed by atoms with E-state index in [0.29, 0.717) is 5.75 Å². The lowest BCUT2D eigenvalue weighted by Gasteiger charge is -1.97. The van der Waals surface area contributed by atoms with Crippen LogP contribution in [0.2, 0.25) is 0 Å². The minimum absolute atomic E-state index is 0.316. The van der Waals surface area contributed by atoms with Crippen LogP contribution in [0.4, 0.5) is 0 Å². The largest absolute Gasteiger partial charge is 0.508 e. The molecule has 16 heavy (non-hydrogen) atoms. The zero-order valence-electron chi connectivity index (χ0n) is 8.93. The van der Waals surface area contributed by atoms with Crippen LogP contribution in [0.15, 0.2) is 42.9 Å². The van der Waals surface area contributed by atoms with Gasteiger partial charge in [0.15, 0.2) is 0 Å². The average Bonchev–Trinajstić information content (AvgIpc) is 2.80. The van der Waals surface area contributed by atoms with Crippen molar-refractivity contribution in [3.8, 4) is 5.75 Å². The van der Waals surface area contributed by atoms with E-state index in [1.807, 2.05) is 18.2 Å². The summed E-state index contributed by atoms with van der Waals surface area (Å²) in [4.78, 5) is 6.95. The van der Waals surface area contributed by atoms with Crippen LogP contribution in [0.5, 0.6) is 5.75 Å². The number of phenolic OH excluding ortho intramolecular Hbond substituents is 1. The molecule has 0 aliphatic heterocycles. The highest BCUT2D eigenvalue weighted by molar-refractivity contribution is 5.42. The molecule has 3 nitrogen and oxygen atoms in total. The van der Waals surface area contributed by atoms with Gasteiger partial charge < -0.3 is 10.1 Å². The Bertz CT molecular complexity index is 443. The second-order valence-corrected chi connectivity index (χ2v) is 3.61. The normalized spacial score (nSPS) is 11.0. The van der Waals surface area contributed by atoms with Crippen LogP contribution in [-0.4, -0.2) is 15.1 Å². The molecule has 0 aliphatic carbocycles. The van der Waals surface area contributed by atoms with Gasteiger partial charge >= 0.3 is 0 Å². The predicted octanol–water partition coefficient (Wildman–Crippen LogP) is 2.76. The molecule has 0 radical (unpaired) electrons. The Morgan fingerprint density at radius 3 is 2.75 bits per heavy atom. The zero-order chi connectivity index (χ0) is 11.2. The van der Waals surface area contributed by atoms with Crippen molar-refractivity contribution in [3.05, 3.63) is 54.1 Å². The van der Waals surface area contributed by atoms with Gasteiger partial charge in [0, 0.05) is 0 Å². The summed E-state index contributed by atoms with van der Waals surface area (Å²) in [6.45, 7) is 0. The van der Waals surface area contributed by atoms with Crippen molar-refractivity contribution in [3.63, 3.8) is 0 Å². The van der Waals surface area contributed by atoms with E-state index in [0.717, 1.165) is 18.5 Å². The summed E-state index contributed by atoms with van der Waals surface area (Å²) in [7, 11) is 0. The number of rotatable bonds is 4. The molecular weight excluding hydrogens is 200 g/mol. The highest BCUT2D eigenvalue weighted by Crippen LogP contribution is 2.11. The van der Waals surface area contributed by atoms with Crippen LogP contribution in [0.25, 0.3) is 6.08 Å². The average molecular weight is 214 g/mol. The molecule has 0 atom stereocenters. The Kier molecular flexibility index (Phi) is 3.38. The number of nitrogens with one attached hydrogen (secondary N) is 1. The molecule has 2 rings (SSSR count). The van der Waals surface area contributed by atoms with Gasteiger partial charge in [-0.1, -0.05) is 18.2 Å². The number of imidazole rings is 1. The molecule has 1 aromatic heterocycles. The Hall–Kier alpha value is -2.03. The van der Waals surface area contributed by atoms with Crippen LogP contribution in [0.3, 0.4) is 0 Å². The lowest BCUT2D eigenvalue weighted by Crippen LogP contribution is -1.81. The van der Waals surface area contributed by atoms with Gasteiger partial charge in [-0.3, -0.25) is 0 Å². The molecule has 0 bridgehead atoms. The molecule has 0 fully saturated rings. The first-order chi connectivity index (χ1) is 7.84. The lowest BCUT2D eigenvalue weighted by molar-refractivity contribution is 0.475. The molecule has 2 aromatic rings. The number of phenols is 1. The van der Waals surface area contributed by atoms with Crippen molar-refractivity contribution in [1.82, 2.24) is 9.97 Å². The topological polar surface area (TPSA) is 48.9 Å². The van der Waals surface area contributed by atoms with Gasteiger partial charge in [0.1, 0.15) is 5.75 Å². The predicted molar refractivity (Wildman–Crippen MR) is 64.0 cm³/mol. The van der Waals surface area contributed by atoms with Gasteiger partial charge in [0.05, 0.1) is 18.2 Å². The first-order valence-corrected chi connectivity index (χ1v) is 5.27. The highest BCUT2D eigenvalue weighted by atomic mass is 16.3. The van der Waals surface area contributed by atoms with Crippen molar-refractivity contribution >= 4 is 6.08 Å². The Morgan fingerprint density at radius 2 is 2.06 bits per heavy atom. The van der Waals surface area contributed by atoms with Crippen LogP contribution in [-0.2, 0) is 6.42 Å². The fraction of sp³-hybridized carbons (Fsp3) is 0.154. The molecule has 0 saturated heterocycles. The summed E-state index contributed by atoms with van der Waals surface area (Å²) in [6.07, 6.45) is 9.54. The van der Waals surface area contributed by atoms with Crippen molar-refractivity contribution < 1.29 is 5.11 Å². The molecule has 0 amide bonds. The standard InChI is InChI=1S/C13H14N2O/c16-13-7-5-11(6-8-13)3-1-2-4-12-9-14-10-15-12/h2,4-10,16H,1,3H2,(H,14,15)/b4-2+. The number of benzene rings is 1. The molecule has 3 heteroatoms. The van der Waals surface area contributed by atoms with Crippen molar-refractivity contribution in [2.45, 2.75) is 12.8 Å². The summed E-state index contributed by atoms with van der Waals surface area (Å²) in [5.41, 5.74) is 2.25. The second kappa shape index (κ2) is 5.16. The number of hydrogen-bond donors (Lipinski definition) is 2. The molecule has 0 saturated carbocycles. The van der Waals surface area contributed by atoms with Crippen LogP contribution >= 0.6 is 0 Å². The van der Waals surface area contributed by atoms with Crippen LogP contribution in [0.1, 0.15) is 17.7 Å². The van der Waals surface area contributed by atoms with Crippen LogP contribution < -0.4 is 0 Å². The fourth-order valence-electron chi connectivity index (χ4n) is 1.48. The fourth-order valence-corrected chi connectivity index (χ4v) is 1.48. The maximum Gasteiger partial charge on any atom is 0.115 e. The van der Waals surface area contributed by atoms with Gasteiger partial charge in [-0.2, -0.15) is 0 Å². The number of nitrogens with zero attached hydrogens (tertiary/aromatic N) is 1. The first-order valence-electron chi connectivity index (χ1n) is 5.27. The monoisotopic (exact) mass is 214 g/mol. The smallest absolute Gasteiger partial charge is 0.115 e. The third kappa shape index (κ3) is 2.98. The van der Waals surface area contributed by atoms with E-state index in [2.05, 4.69) is 16.0 Å². The van der Waals surface area contributed by atoms with Gasteiger partial charge in [-0.15, -0.1) is 0 Å². The summed E-state index contributed by atoms with van der Waals surface area (Å²) in [6, 6.07) is 7.32. The van der Waals surface area contributed by atoms with E-state index in [1.54, 1.807) is 24.7 Å². The van der Waals surface area contributed by atoms with Gasteiger partial charge in [-0.25, -0.2) is 4.98 Å². The molecule has 0 spiro atoms. The highest BCUT2D eigenvalue weighted by Gasteiger charge is 1.91. The third-order valence-corrected chi connectivity index (χ3v) is 2.35. The first kappa shape index (κ1) is 10.5. The number of allylic oxidation sites excluding steroid dienone is 1. The van der Waals surface area contributed by atoms with Crippen LogP contribution in [0, 0.1) is 0 Å². The number of aromatic nitrogens is 2. The van der Waals surface area contributed by atoms with Crippen molar-refractivity contribution in [2.75, 3.05) is 0 Å². The molecule has 2 N–H and O–H groups in total. The zero-order valence-corrected chi connectivity index (χ0v) is 8.93. The Morgan fingerprint density at radius 1 is 1.25 bits per heavy atom. The Balaban J connectivity index is 1.82. The number of aromatic amines is 1. The summed E-state index contributed by atoms with van der Waals surface area (Å²) in [5.74, 6) is 0.316. The summed E-state index contributed by atoms with van der Waals surface area (Å²) >= 11 is 0. The number of aromatic hydroxyl groups is 1. The van der Waals surface area contributed by atoms with Crippen molar-refractivity contribution in [2.24, 2.45) is 0 Å². The Labute approximate surface area is 94.5 Å². The third-order valence-electron chi connectivity index (χ3n) is 2.35. The summed E-state index contributed by atoms with van der Waals surface area (Å²) < 4.78 is 0. The van der Waals surface area contributed by atoms with Gasteiger partial charge in [-0.05, 0) is 36.6 Å². The molecule has 0 aliphatic rings. The van der Waals surface area contributed by atoms with E-state index in [9.17, 15) is 0 Å². The number of hydrogen-bond acceptors (Lipinski definition) is 2.